The van der Waals surface area contributed by atoms with E-state index in [0.717, 1.165) is 34.1 Å². The minimum Gasteiger partial charge on any atom is -0.372 e. The SMILES string of the molecule is CNc1nc(CC2CC2)nc(C(C)(C)C)c1Br. The first-order valence-electron chi connectivity index (χ1n) is 6.16. The van der Waals surface area contributed by atoms with Crippen molar-refractivity contribution < 1.29 is 0 Å². The smallest absolute Gasteiger partial charge is 0.144 e. The number of nitrogens with zero attached hydrogens (tertiary/aromatic N) is 2. The van der Waals surface area contributed by atoms with E-state index < -0.39 is 0 Å². The zero-order chi connectivity index (χ0) is 12.6. The van der Waals surface area contributed by atoms with Gasteiger partial charge in [-0.05, 0) is 34.7 Å². The summed E-state index contributed by atoms with van der Waals surface area (Å²) in [6.07, 6.45) is 3.68. The van der Waals surface area contributed by atoms with Crippen LogP contribution in [0.25, 0.3) is 0 Å². The van der Waals surface area contributed by atoms with Gasteiger partial charge in [0.2, 0.25) is 0 Å². The van der Waals surface area contributed by atoms with Crippen molar-refractivity contribution in [1.82, 2.24) is 9.97 Å². The highest BCUT2D eigenvalue weighted by Crippen LogP contribution is 2.35. The molecule has 2 rings (SSSR count). The second-order valence-electron chi connectivity index (χ2n) is 5.80. The number of anilines is 1. The summed E-state index contributed by atoms with van der Waals surface area (Å²) >= 11 is 3.61. The van der Waals surface area contributed by atoms with Gasteiger partial charge in [0.25, 0.3) is 0 Å². The molecule has 0 unspecified atom stereocenters. The molecule has 1 aliphatic rings. The molecule has 0 bridgehead atoms. The molecule has 3 nitrogen and oxygen atoms in total. The number of aromatic nitrogens is 2. The third-order valence-electron chi connectivity index (χ3n) is 3.01. The molecule has 0 radical (unpaired) electrons. The van der Waals surface area contributed by atoms with Gasteiger partial charge in [0.1, 0.15) is 11.6 Å². The topological polar surface area (TPSA) is 37.8 Å². The minimum absolute atomic E-state index is 0.0334. The van der Waals surface area contributed by atoms with Gasteiger partial charge in [-0.2, -0.15) is 0 Å². The van der Waals surface area contributed by atoms with E-state index >= 15 is 0 Å². The van der Waals surface area contributed by atoms with Crippen LogP contribution in [0, 0.1) is 5.92 Å². The van der Waals surface area contributed by atoms with Gasteiger partial charge in [-0.15, -0.1) is 0 Å². The molecule has 1 aliphatic carbocycles. The van der Waals surface area contributed by atoms with Crippen LogP contribution in [-0.4, -0.2) is 17.0 Å². The van der Waals surface area contributed by atoms with Gasteiger partial charge in [-0.25, -0.2) is 9.97 Å². The first kappa shape index (κ1) is 12.8. The van der Waals surface area contributed by atoms with Crippen molar-refractivity contribution in [3.05, 3.63) is 16.0 Å². The molecule has 1 heterocycles. The van der Waals surface area contributed by atoms with Crippen molar-refractivity contribution in [3.63, 3.8) is 0 Å². The maximum atomic E-state index is 4.73. The quantitative estimate of drug-likeness (QED) is 0.927. The molecule has 1 aromatic heterocycles. The average molecular weight is 298 g/mol. The monoisotopic (exact) mass is 297 g/mol. The van der Waals surface area contributed by atoms with E-state index in [1.54, 1.807) is 0 Å². The van der Waals surface area contributed by atoms with Crippen LogP contribution < -0.4 is 5.32 Å². The lowest BCUT2D eigenvalue weighted by Crippen LogP contribution is -2.18. The van der Waals surface area contributed by atoms with E-state index in [1.807, 2.05) is 7.05 Å². The zero-order valence-corrected chi connectivity index (χ0v) is 12.6. The van der Waals surface area contributed by atoms with Crippen molar-refractivity contribution in [2.45, 2.75) is 45.4 Å². The first-order chi connectivity index (χ1) is 7.91. The first-order valence-corrected chi connectivity index (χ1v) is 6.95. The van der Waals surface area contributed by atoms with E-state index in [2.05, 4.69) is 47.0 Å². The maximum absolute atomic E-state index is 4.73. The number of nitrogens with one attached hydrogen (secondary N) is 1. The van der Waals surface area contributed by atoms with Crippen LogP contribution in [0.4, 0.5) is 5.82 Å². The summed E-state index contributed by atoms with van der Waals surface area (Å²) in [6.45, 7) is 6.54. The van der Waals surface area contributed by atoms with E-state index in [1.165, 1.54) is 12.8 Å². The van der Waals surface area contributed by atoms with Gasteiger partial charge in [0, 0.05) is 18.9 Å². The van der Waals surface area contributed by atoms with Gasteiger partial charge in [-0.1, -0.05) is 20.8 Å². The molecule has 0 saturated heterocycles. The molecule has 0 aliphatic heterocycles. The van der Waals surface area contributed by atoms with Gasteiger partial charge >= 0.3 is 0 Å². The van der Waals surface area contributed by atoms with Crippen molar-refractivity contribution >= 4 is 21.7 Å². The normalized spacial score (nSPS) is 16.1. The summed E-state index contributed by atoms with van der Waals surface area (Å²) < 4.78 is 0.993. The fourth-order valence-corrected chi connectivity index (χ4v) is 2.80. The summed E-state index contributed by atoms with van der Waals surface area (Å²) in [4.78, 5) is 9.31. The average Bonchev–Trinajstić information content (AvgIpc) is 3.02. The van der Waals surface area contributed by atoms with Crippen LogP contribution in [0.5, 0.6) is 0 Å². The Bertz CT molecular complexity index is 419. The van der Waals surface area contributed by atoms with Crippen molar-refractivity contribution in [2.75, 3.05) is 12.4 Å². The standard InChI is InChI=1S/C13H20BrN3/c1-13(2,3)11-10(14)12(15-4)17-9(16-11)7-8-5-6-8/h8H,5-7H2,1-4H3,(H,15,16,17). The Morgan fingerprint density at radius 2 is 1.94 bits per heavy atom. The van der Waals surface area contributed by atoms with Crippen LogP contribution in [0.15, 0.2) is 4.47 Å². The van der Waals surface area contributed by atoms with Crippen LogP contribution >= 0.6 is 15.9 Å². The Balaban J connectivity index is 2.41. The van der Waals surface area contributed by atoms with E-state index in [4.69, 9.17) is 4.98 Å². The Morgan fingerprint density at radius 3 is 2.41 bits per heavy atom. The largest absolute Gasteiger partial charge is 0.372 e. The summed E-state index contributed by atoms with van der Waals surface area (Å²) in [6, 6.07) is 0. The van der Waals surface area contributed by atoms with Crippen molar-refractivity contribution in [1.29, 1.82) is 0 Å². The highest BCUT2D eigenvalue weighted by Gasteiger charge is 2.26. The number of hydrogen-bond donors (Lipinski definition) is 1. The van der Waals surface area contributed by atoms with Gasteiger partial charge in [0.15, 0.2) is 0 Å². The minimum atomic E-state index is 0.0334. The van der Waals surface area contributed by atoms with Crippen LogP contribution in [0.3, 0.4) is 0 Å². The second kappa shape index (κ2) is 4.56. The van der Waals surface area contributed by atoms with Gasteiger partial charge in [-0.3, -0.25) is 0 Å². The van der Waals surface area contributed by atoms with Crippen molar-refractivity contribution in [2.24, 2.45) is 5.92 Å². The fourth-order valence-electron chi connectivity index (χ4n) is 1.83. The fraction of sp³-hybridized carbons (Fsp3) is 0.692. The lowest BCUT2D eigenvalue weighted by molar-refractivity contribution is 0.556. The van der Waals surface area contributed by atoms with E-state index in [9.17, 15) is 0 Å². The Hall–Kier alpha value is -0.640. The summed E-state index contributed by atoms with van der Waals surface area (Å²) in [7, 11) is 1.90. The van der Waals surface area contributed by atoms with Crippen LogP contribution in [-0.2, 0) is 11.8 Å². The molecule has 0 aromatic carbocycles. The maximum Gasteiger partial charge on any atom is 0.144 e. The van der Waals surface area contributed by atoms with Crippen LogP contribution in [0.2, 0.25) is 0 Å². The molecule has 94 valence electrons. The van der Waals surface area contributed by atoms with Gasteiger partial charge < -0.3 is 5.32 Å². The molecule has 0 atom stereocenters. The Kier molecular flexibility index (Phi) is 3.43. The molecule has 0 amide bonds. The molecular formula is C13H20BrN3. The highest BCUT2D eigenvalue weighted by molar-refractivity contribution is 9.10. The lowest BCUT2D eigenvalue weighted by Gasteiger charge is -2.21. The predicted molar refractivity (Wildman–Crippen MR) is 74.4 cm³/mol. The molecule has 0 spiro atoms. The molecular weight excluding hydrogens is 278 g/mol. The van der Waals surface area contributed by atoms with E-state index in [0.29, 0.717) is 0 Å². The molecule has 17 heavy (non-hydrogen) atoms. The number of hydrogen-bond acceptors (Lipinski definition) is 3. The molecule has 4 heteroatoms. The Morgan fingerprint density at radius 1 is 1.29 bits per heavy atom. The zero-order valence-electron chi connectivity index (χ0n) is 11.0. The predicted octanol–water partition coefficient (Wildman–Crippen LogP) is 3.53. The molecule has 1 aromatic rings. The summed E-state index contributed by atoms with van der Waals surface area (Å²) in [5.74, 6) is 2.69. The second-order valence-corrected chi connectivity index (χ2v) is 6.59. The summed E-state index contributed by atoms with van der Waals surface area (Å²) in [5.41, 5.74) is 1.12. The Labute approximate surface area is 112 Å². The lowest BCUT2D eigenvalue weighted by atomic mass is 9.91. The number of halogens is 1. The molecule has 1 fully saturated rings. The van der Waals surface area contributed by atoms with Gasteiger partial charge in [0.05, 0.1) is 10.2 Å². The number of rotatable bonds is 3. The molecule has 1 saturated carbocycles. The van der Waals surface area contributed by atoms with Crippen molar-refractivity contribution in [3.8, 4) is 0 Å². The summed E-state index contributed by atoms with van der Waals surface area (Å²) in [5, 5.41) is 3.14. The van der Waals surface area contributed by atoms with E-state index in [-0.39, 0.29) is 5.41 Å². The third kappa shape index (κ3) is 2.97. The third-order valence-corrected chi connectivity index (χ3v) is 3.76. The molecule has 1 N–H and O–H groups in total. The van der Waals surface area contributed by atoms with Crippen LogP contribution in [0.1, 0.15) is 45.1 Å². The highest BCUT2D eigenvalue weighted by atomic mass is 79.9.